The first-order chi connectivity index (χ1) is 13.0. The first-order valence-corrected chi connectivity index (χ1v) is 9.29. The Morgan fingerprint density at radius 3 is 1.93 bits per heavy atom. The number of rotatable bonds is 2. The topological polar surface area (TPSA) is 40.5 Å². The van der Waals surface area contributed by atoms with Crippen molar-refractivity contribution in [2.45, 2.75) is 26.3 Å². The lowest BCUT2D eigenvalue weighted by atomic mass is 9.77. The molecule has 27 heavy (non-hydrogen) atoms. The number of benzene rings is 3. The number of phenolic OH excluding ortho intramolecular Hbond substituents is 1. The maximum absolute atomic E-state index is 13.0. The second-order valence-electron chi connectivity index (χ2n) is 6.53. The van der Waals surface area contributed by atoms with Crippen molar-refractivity contribution in [3.63, 3.8) is 0 Å². The van der Waals surface area contributed by atoms with E-state index in [0.29, 0.717) is 0 Å². The van der Waals surface area contributed by atoms with Gasteiger partial charge < -0.3 is 10.0 Å². The van der Waals surface area contributed by atoms with Crippen molar-refractivity contribution in [1.29, 1.82) is 0 Å². The van der Waals surface area contributed by atoms with Gasteiger partial charge in [0.2, 0.25) is 0 Å². The lowest BCUT2D eigenvalue weighted by Crippen LogP contribution is -2.43. The van der Waals surface area contributed by atoms with E-state index in [0.717, 1.165) is 22.3 Å². The summed E-state index contributed by atoms with van der Waals surface area (Å²) >= 11 is 0. The van der Waals surface area contributed by atoms with E-state index in [9.17, 15) is 9.90 Å². The van der Waals surface area contributed by atoms with Gasteiger partial charge >= 0.3 is 0 Å². The maximum atomic E-state index is 13.0. The molecule has 4 rings (SSSR count). The molecule has 1 heterocycles. The molecule has 3 aromatic carbocycles. The fraction of sp³-hybridized carbons (Fsp3) is 0.208. The van der Waals surface area contributed by atoms with Gasteiger partial charge in [0.05, 0.1) is 0 Å². The molecule has 3 aromatic rings. The highest BCUT2D eigenvalue weighted by atomic mass is 16.3. The van der Waals surface area contributed by atoms with Crippen LogP contribution in [0.3, 0.4) is 0 Å². The summed E-state index contributed by atoms with van der Waals surface area (Å²) in [6, 6.07) is 23.2. The van der Waals surface area contributed by atoms with E-state index in [1.54, 1.807) is 17.0 Å². The number of nitrogens with zero attached hydrogens (tertiary/aromatic N) is 1. The third-order valence-electron chi connectivity index (χ3n) is 5.11. The number of carbonyl (C=O) groups is 1. The highest BCUT2D eigenvalue weighted by Gasteiger charge is 2.50. The molecule has 1 N–H and O–H groups in total. The van der Waals surface area contributed by atoms with E-state index >= 15 is 0 Å². The maximum Gasteiger partial charge on any atom is 0.255 e. The molecule has 1 aliphatic rings. The smallest absolute Gasteiger partial charge is 0.255 e. The third kappa shape index (κ3) is 2.80. The summed E-state index contributed by atoms with van der Waals surface area (Å²) < 4.78 is 0. The molecule has 1 amide bonds. The number of hydrogen-bond donors (Lipinski definition) is 1. The summed E-state index contributed by atoms with van der Waals surface area (Å²) in [7, 11) is 1.84. The van der Waals surface area contributed by atoms with Gasteiger partial charge in [0.15, 0.2) is 0 Å². The van der Waals surface area contributed by atoms with E-state index in [-0.39, 0.29) is 11.7 Å². The van der Waals surface area contributed by atoms with Crippen molar-refractivity contribution in [3.05, 3.63) is 101 Å². The van der Waals surface area contributed by atoms with Crippen LogP contribution in [0.4, 0.5) is 0 Å². The molecule has 0 bridgehead atoms. The van der Waals surface area contributed by atoms with Crippen molar-refractivity contribution in [2.24, 2.45) is 0 Å². The Hall–Kier alpha value is -3.07. The van der Waals surface area contributed by atoms with Crippen LogP contribution in [0.15, 0.2) is 72.8 Å². The number of phenols is 1. The highest BCUT2D eigenvalue weighted by Crippen LogP contribution is 2.48. The molecule has 0 aromatic heterocycles. The Kier molecular flexibility index (Phi) is 5.04. The van der Waals surface area contributed by atoms with Crippen molar-refractivity contribution in [3.8, 4) is 5.75 Å². The van der Waals surface area contributed by atoms with Crippen molar-refractivity contribution in [1.82, 2.24) is 4.90 Å². The van der Waals surface area contributed by atoms with Gasteiger partial charge in [0.1, 0.15) is 11.3 Å². The summed E-state index contributed by atoms with van der Waals surface area (Å²) in [4.78, 5) is 14.8. The van der Waals surface area contributed by atoms with E-state index in [4.69, 9.17) is 0 Å². The van der Waals surface area contributed by atoms with Crippen LogP contribution in [-0.2, 0) is 5.54 Å². The Morgan fingerprint density at radius 1 is 0.815 bits per heavy atom. The average Bonchev–Trinajstić information content (AvgIpc) is 2.94. The quantitative estimate of drug-likeness (QED) is 0.691. The number of carbonyl (C=O) groups excluding carboxylic acids is 1. The molecule has 3 nitrogen and oxygen atoms in total. The van der Waals surface area contributed by atoms with Crippen LogP contribution < -0.4 is 0 Å². The molecular weight excluding hydrogens is 334 g/mol. The predicted molar refractivity (Wildman–Crippen MR) is 109 cm³/mol. The summed E-state index contributed by atoms with van der Waals surface area (Å²) in [5, 5.41) is 9.72. The van der Waals surface area contributed by atoms with Gasteiger partial charge in [0.25, 0.3) is 5.91 Å². The highest BCUT2D eigenvalue weighted by molar-refractivity contribution is 6.01. The average molecular weight is 359 g/mol. The second-order valence-corrected chi connectivity index (χ2v) is 6.53. The minimum Gasteiger partial charge on any atom is -0.508 e. The molecule has 0 saturated carbocycles. The summed E-state index contributed by atoms with van der Waals surface area (Å²) in [5.41, 5.74) is 4.15. The van der Waals surface area contributed by atoms with E-state index < -0.39 is 5.54 Å². The van der Waals surface area contributed by atoms with Gasteiger partial charge in [-0.25, -0.2) is 0 Å². The molecule has 0 aliphatic carbocycles. The monoisotopic (exact) mass is 359 g/mol. The molecule has 138 valence electrons. The zero-order chi connectivity index (χ0) is 19.6. The number of amides is 1. The van der Waals surface area contributed by atoms with Gasteiger partial charge in [-0.2, -0.15) is 0 Å². The van der Waals surface area contributed by atoms with E-state index in [1.165, 1.54) is 5.56 Å². The molecule has 0 radical (unpaired) electrons. The number of aromatic hydroxyl groups is 1. The second kappa shape index (κ2) is 7.28. The van der Waals surface area contributed by atoms with Crippen LogP contribution >= 0.6 is 0 Å². The predicted octanol–water partition coefficient (Wildman–Crippen LogP) is 5.10. The fourth-order valence-electron chi connectivity index (χ4n) is 3.86. The Labute approximate surface area is 160 Å². The normalized spacial score (nSPS) is 17.9. The van der Waals surface area contributed by atoms with Crippen LogP contribution in [0.1, 0.15) is 46.5 Å². The molecule has 0 saturated heterocycles. The molecule has 1 unspecified atom stereocenters. The van der Waals surface area contributed by atoms with Gasteiger partial charge in [-0.05, 0) is 41.8 Å². The van der Waals surface area contributed by atoms with Crippen LogP contribution in [0, 0.1) is 6.92 Å². The minimum absolute atomic E-state index is 0.00394. The molecule has 1 atom stereocenters. The molecule has 0 fully saturated rings. The Bertz CT molecular complexity index is 897. The standard InChI is InChI=1S/C22H19NO2.C2H6/c1-15-7-9-16(10-8-15)22(17-11-13-18(24)14-12-17)20-6-4-3-5-19(20)21(25)23(22)2;1-2/h3-14,24H,1-2H3;1-2H3. The summed E-state index contributed by atoms with van der Waals surface area (Å²) in [5.74, 6) is 0.215. The summed E-state index contributed by atoms with van der Waals surface area (Å²) in [6.45, 7) is 6.05. The Morgan fingerprint density at radius 2 is 1.33 bits per heavy atom. The first-order valence-electron chi connectivity index (χ1n) is 9.29. The van der Waals surface area contributed by atoms with Crippen LogP contribution in [-0.4, -0.2) is 23.0 Å². The largest absolute Gasteiger partial charge is 0.508 e. The van der Waals surface area contributed by atoms with E-state index in [2.05, 4.69) is 31.2 Å². The Balaban J connectivity index is 0.00000102. The molecular formula is C24H25NO2. The van der Waals surface area contributed by atoms with Crippen molar-refractivity contribution in [2.75, 3.05) is 7.05 Å². The molecule has 1 aliphatic heterocycles. The zero-order valence-electron chi connectivity index (χ0n) is 16.2. The lowest BCUT2D eigenvalue weighted by Gasteiger charge is -2.38. The number of aryl methyl sites for hydroxylation is 1. The fourth-order valence-corrected chi connectivity index (χ4v) is 3.86. The zero-order valence-corrected chi connectivity index (χ0v) is 16.2. The minimum atomic E-state index is -0.699. The van der Waals surface area contributed by atoms with Gasteiger partial charge in [0, 0.05) is 12.6 Å². The first kappa shape index (κ1) is 18.7. The van der Waals surface area contributed by atoms with Crippen LogP contribution in [0.5, 0.6) is 5.75 Å². The van der Waals surface area contributed by atoms with Crippen LogP contribution in [0.2, 0.25) is 0 Å². The molecule has 3 heteroatoms. The van der Waals surface area contributed by atoms with Gasteiger partial charge in [-0.1, -0.05) is 74.0 Å². The van der Waals surface area contributed by atoms with Crippen molar-refractivity contribution >= 4 is 5.91 Å². The molecule has 0 spiro atoms. The number of fused-ring (bicyclic) bond motifs is 1. The summed E-state index contributed by atoms with van der Waals surface area (Å²) in [6.07, 6.45) is 0. The van der Waals surface area contributed by atoms with E-state index in [1.807, 2.05) is 57.3 Å². The number of hydrogen-bond acceptors (Lipinski definition) is 2. The third-order valence-corrected chi connectivity index (χ3v) is 5.11. The SMILES string of the molecule is CC.Cc1ccc(C2(c3ccc(O)cc3)c3ccccc3C(=O)N2C)cc1. The van der Waals surface area contributed by atoms with Gasteiger partial charge in [-0.3, -0.25) is 4.79 Å². The van der Waals surface area contributed by atoms with Crippen LogP contribution in [0.25, 0.3) is 0 Å². The van der Waals surface area contributed by atoms with Gasteiger partial charge in [-0.15, -0.1) is 0 Å². The lowest BCUT2D eigenvalue weighted by molar-refractivity contribution is 0.0736. The van der Waals surface area contributed by atoms with Crippen molar-refractivity contribution < 1.29 is 9.90 Å².